The van der Waals surface area contributed by atoms with Crippen molar-refractivity contribution in [3.63, 3.8) is 0 Å². The third-order valence-electron chi connectivity index (χ3n) is 1.44. The van der Waals surface area contributed by atoms with Crippen molar-refractivity contribution >= 4 is 19.7 Å². The quantitative estimate of drug-likeness (QED) is 0.818. The van der Waals surface area contributed by atoms with Gasteiger partial charge in [0, 0.05) is 16.7 Å². The molecule has 0 aliphatic heterocycles. The Balaban J connectivity index is 3.70. The van der Waals surface area contributed by atoms with Gasteiger partial charge in [0.2, 0.25) is 0 Å². The van der Waals surface area contributed by atoms with Gasteiger partial charge < -0.3 is 4.98 Å². The molecule has 0 aliphatic carbocycles. The first-order chi connectivity index (χ1) is 6.73. The summed E-state index contributed by atoms with van der Waals surface area (Å²) < 4.78 is 59.0. The number of halogens is 4. The maximum absolute atomic E-state index is 13.0. The van der Waals surface area contributed by atoms with Crippen LogP contribution >= 0.6 is 10.7 Å². The second-order valence-electron chi connectivity index (χ2n) is 2.46. The minimum atomic E-state index is -4.68. The van der Waals surface area contributed by atoms with E-state index < -0.39 is 37.4 Å². The summed E-state index contributed by atoms with van der Waals surface area (Å²) in [6.07, 6.45) is -3.35. The summed E-state index contributed by atoms with van der Waals surface area (Å²) in [4.78, 5) is 10.7. The number of H-pyrrole nitrogens is 1. The minimum Gasteiger partial charge on any atom is -0.320 e. The van der Waals surface area contributed by atoms with Crippen LogP contribution < -0.4 is 5.56 Å². The molecule has 0 spiro atoms. The van der Waals surface area contributed by atoms with Crippen molar-refractivity contribution in [2.45, 2.75) is 11.3 Å². The lowest BCUT2D eigenvalue weighted by molar-refractivity contribution is 0.141. The van der Waals surface area contributed by atoms with E-state index in [2.05, 4.69) is 0 Å². The molecular formula is C6H3ClF3NO3S. The zero-order chi connectivity index (χ0) is 11.8. The first-order valence-corrected chi connectivity index (χ1v) is 5.70. The van der Waals surface area contributed by atoms with Gasteiger partial charge in [0.15, 0.2) is 5.82 Å². The fourth-order valence-corrected chi connectivity index (χ4v) is 2.10. The predicted octanol–water partition coefficient (Wildman–Crippen LogP) is 1.38. The van der Waals surface area contributed by atoms with Crippen LogP contribution in [-0.4, -0.2) is 13.4 Å². The number of nitrogens with one attached hydrogen (secondary N) is 1. The molecule has 1 rings (SSSR count). The highest BCUT2D eigenvalue weighted by Gasteiger charge is 2.27. The van der Waals surface area contributed by atoms with Crippen LogP contribution in [0.3, 0.4) is 0 Å². The first-order valence-electron chi connectivity index (χ1n) is 3.39. The molecule has 0 aliphatic rings. The Labute approximate surface area is 86.1 Å². The average Bonchev–Trinajstić information content (AvgIpc) is 1.99. The van der Waals surface area contributed by atoms with E-state index in [-0.39, 0.29) is 6.07 Å². The van der Waals surface area contributed by atoms with Gasteiger partial charge in [-0.3, -0.25) is 4.79 Å². The van der Waals surface area contributed by atoms with E-state index in [9.17, 15) is 26.4 Å². The van der Waals surface area contributed by atoms with Gasteiger partial charge in [-0.2, -0.15) is 0 Å². The van der Waals surface area contributed by atoms with Crippen LogP contribution in [0.15, 0.2) is 15.8 Å². The molecule has 15 heavy (non-hydrogen) atoms. The van der Waals surface area contributed by atoms with Crippen molar-refractivity contribution < 1.29 is 21.6 Å². The Hall–Kier alpha value is -1.02. The summed E-state index contributed by atoms with van der Waals surface area (Å²) in [5.41, 5.74) is -2.53. The molecule has 0 saturated carbocycles. The number of hydrogen-bond acceptors (Lipinski definition) is 3. The highest BCUT2D eigenvalue weighted by atomic mass is 35.7. The van der Waals surface area contributed by atoms with Gasteiger partial charge in [-0.25, -0.2) is 21.6 Å². The molecular weight excluding hydrogens is 259 g/mol. The van der Waals surface area contributed by atoms with Crippen LogP contribution in [0.5, 0.6) is 0 Å². The van der Waals surface area contributed by atoms with Crippen molar-refractivity contribution in [3.8, 4) is 0 Å². The lowest BCUT2D eigenvalue weighted by Gasteiger charge is -2.05. The van der Waals surface area contributed by atoms with Gasteiger partial charge in [-0.15, -0.1) is 0 Å². The summed E-state index contributed by atoms with van der Waals surface area (Å²) in [5.74, 6) is -1.61. The highest BCUT2D eigenvalue weighted by Crippen LogP contribution is 2.27. The van der Waals surface area contributed by atoms with E-state index in [0.717, 1.165) is 0 Å². The Morgan fingerprint density at radius 2 is 1.93 bits per heavy atom. The first kappa shape index (κ1) is 12.1. The van der Waals surface area contributed by atoms with Gasteiger partial charge in [0.1, 0.15) is 10.6 Å². The summed E-state index contributed by atoms with van der Waals surface area (Å²) in [6.45, 7) is 0. The topological polar surface area (TPSA) is 67.0 Å². The van der Waals surface area contributed by atoms with E-state index in [4.69, 9.17) is 10.7 Å². The number of aromatic nitrogens is 1. The van der Waals surface area contributed by atoms with Crippen LogP contribution in [0, 0.1) is 5.82 Å². The van der Waals surface area contributed by atoms with Gasteiger partial charge >= 0.3 is 0 Å². The standard InChI is InChI=1S/C6H3ClF3NO3S/c7-15(13,14)5-2(8)1-3(12)11-4(5)6(9)10/h1,6H,(H,11,12). The molecule has 0 unspecified atom stereocenters. The fraction of sp³-hybridized carbons (Fsp3) is 0.167. The van der Waals surface area contributed by atoms with E-state index in [1.807, 2.05) is 0 Å². The van der Waals surface area contributed by atoms with Crippen LogP contribution in [0.1, 0.15) is 12.1 Å². The second kappa shape index (κ2) is 3.86. The van der Waals surface area contributed by atoms with Crippen LogP contribution in [0.25, 0.3) is 0 Å². The van der Waals surface area contributed by atoms with Crippen molar-refractivity contribution in [2.24, 2.45) is 0 Å². The van der Waals surface area contributed by atoms with Gasteiger partial charge in [0.05, 0.1) is 0 Å². The molecule has 9 heteroatoms. The number of aromatic amines is 1. The van der Waals surface area contributed by atoms with Crippen molar-refractivity contribution in [3.05, 3.63) is 27.9 Å². The Morgan fingerprint density at radius 3 is 2.33 bits per heavy atom. The Kier molecular flexibility index (Phi) is 3.10. The number of alkyl halides is 2. The molecule has 1 aromatic heterocycles. The normalized spacial score (nSPS) is 12.1. The highest BCUT2D eigenvalue weighted by molar-refractivity contribution is 8.13. The third-order valence-corrected chi connectivity index (χ3v) is 2.80. The lowest BCUT2D eigenvalue weighted by atomic mass is 10.3. The zero-order valence-electron chi connectivity index (χ0n) is 6.80. The van der Waals surface area contributed by atoms with Gasteiger partial charge in [-0.05, 0) is 0 Å². The molecule has 0 saturated heterocycles. The molecule has 1 heterocycles. The summed E-state index contributed by atoms with van der Waals surface area (Å²) in [7, 11) is 0.0634. The number of rotatable bonds is 2. The molecule has 1 N–H and O–H groups in total. The summed E-state index contributed by atoms with van der Waals surface area (Å²) >= 11 is 0. The van der Waals surface area contributed by atoms with Gasteiger partial charge in [-0.1, -0.05) is 0 Å². The van der Waals surface area contributed by atoms with Crippen molar-refractivity contribution in [2.75, 3.05) is 0 Å². The summed E-state index contributed by atoms with van der Waals surface area (Å²) in [5, 5.41) is 0. The molecule has 84 valence electrons. The predicted molar refractivity (Wildman–Crippen MR) is 45.0 cm³/mol. The van der Waals surface area contributed by atoms with E-state index in [0.29, 0.717) is 0 Å². The Bertz CT molecular complexity index is 539. The maximum atomic E-state index is 13.0. The second-order valence-corrected chi connectivity index (χ2v) is 4.97. The molecule has 0 atom stereocenters. The van der Waals surface area contributed by atoms with Gasteiger partial charge in [0.25, 0.3) is 21.0 Å². The summed E-state index contributed by atoms with van der Waals surface area (Å²) in [6, 6.07) is 0.223. The number of hydrogen-bond donors (Lipinski definition) is 1. The molecule has 0 bridgehead atoms. The number of pyridine rings is 1. The van der Waals surface area contributed by atoms with E-state index in [1.54, 1.807) is 0 Å². The molecule has 4 nitrogen and oxygen atoms in total. The molecule has 0 fully saturated rings. The largest absolute Gasteiger partial charge is 0.320 e. The molecule has 0 amide bonds. The van der Waals surface area contributed by atoms with Crippen LogP contribution in [0.4, 0.5) is 13.2 Å². The van der Waals surface area contributed by atoms with Crippen molar-refractivity contribution in [1.82, 2.24) is 4.98 Å². The molecule has 0 radical (unpaired) electrons. The van der Waals surface area contributed by atoms with Crippen LogP contribution in [-0.2, 0) is 9.05 Å². The van der Waals surface area contributed by atoms with Crippen molar-refractivity contribution in [1.29, 1.82) is 0 Å². The fourth-order valence-electron chi connectivity index (χ4n) is 0.936. The zero-order valence-corrected chi connectivity index (χ0v) is 8.37. The smallest absolute Gasteiger partial charge is 0.279 e. The molecule has 0 aromatic carbocycles. The molecule has 1 aromatic rings. The third kappa shape index (κ3) is 2.51. The van der Waals surface area contributed by atoms with E-state index in [1.165, 1.54) is 4.98 Å². The minimum absolute atomic E-state index is 0.223. The average molecular weight is 262 g/mol. The van der Waals surface area contributed by atoms with E-state index >= 15 is 0 Å². The van der Waals surface area contributed by atoms with Crippen LogP contribution in [0.2, 0.25) is 0 Å². The Morgan fingerprint density at radius 1 is 1.40 bits per heavy atom. The maximum Gasteiger partial charge on any atom is 0.279 e. The lowest BCUT2D eigenvalue weighted by Crippen LogP contribution is -2.15. The SMILES string of the molecule is O=c1cc(F)c(S(=O)(=O)Cl)c(C(F)F)[nH]1. The monoisotopic (exact) mass is 261 g/mol.